The van der Waals surface area contributed by atoms with Crippen LogP contribution in [0, 0.1) is 5.92 Å². The third-order valence-corrected chi connectivity index (χ3v) is 3.89. The van der Waals surface area contributed by atoms with Gasteiger partial charge in [0.05, 0.1) is 6.54 Å². The molecule has 1 saturated heterocycles. The molecule has 1 aromatic rings. The van der Waals surface area contributed by atoms with Crippen molar-refractivity contribution in [1.29, 1.82) is 0 Å². The molecule has 2 rings (SSSR count). The Morgan fingerprint density at radius 3 is 3.00 bits per heavy atom. The van der Waals surface area contributed by atoms with Crippen LogP contribution in [0.1, 0.15) is 25.5 Å². The second kappa shape index (κ2) is 5.34. The van der Waals surface area contributed by atoms with Gasteiger partial charge in [-0.25, -0.2) is 0 Å². The summed E-state index contributed by atoms with van der Waals surface area (Å²) < 4.78 is 6.35. The first-order chi connectivity index (χ1) is 7.70. The van der Waals surface area contributed by atoms with E-state index < -0.39 is 0 Å². The molecular weight excluding hydrogens is 268 g/mol. The largest absolute Gasteiger partial charge is 0.453 e. The Hall–Kier alpha value is -0.320. The minimum atomic E-state index is 0.498. The SMILES string of the molecule is CC1CCCN(Cc2ccc(Br)o2)C1CN. The van der Waals surface area contributed by atoms with Gasteiger partial charge in [0.1, 0.15) is 5.76 Å². The lowest BCUT2D eigenvalue weighted by Crippen LogP contribution is -2.47. The van der Waals surface area contributed by atoms with Crippen LogP contribution in [0.2, 0.25) is 0 Å². The van der Waals surface area contributed by atoms with Gasteiger partial charge in [-0.3, -0.25) is 4.90 Å². The average molecular weight is 287 g/mol. The van der Waals surface area contributed by atoms with E-state index in [4.69, 9.17) is 10.2 Å². The number of piperidine rings is 1. The fraction of sp³-hybridized carbons (Fsp3) is 0.667. The molecule has 1 fully saturated rings. The monoisotopic (exact) mass is 286 g/mol. The predicted molar refractivity (Wildman–Crippen MR) is 68.1 cm³/mol. The van der Waals surface area contributed by atoms with Crippen LogP contribution in [0.4, 0.5) is 0 Å². The number of halogens is 1. The number of hydrogen-bond donors (Lipinski definition) is 1. The second-order valence-electron chi connectivity index (χ2n) is 4.60. The summed E-state index contributed by atoms with van der Waals surface area (Å²) in [6.45, 7) is 5.03. The Morgan fingerprint density at radius 2 is 2.38 bits per heavy atom. The molecule has 1 aliphatic rings. The highest BCUT2D eigenvalue weighted by molar-refractivity contribution is 9.10. The Kier molecular flexibility index (Phi) is 4.05. The van der Waals surface area contributed by atoms with E-state index in [0.717, 1.165) is 30.1 Å². The maximum atomic E-state index is 5.86. The lowest BCUT2D eigenvalue weighted by Gasteiger charge is -2.38. The number of nitrogens with zero attached hydrogens (tertiary/aromatic N) is 1. The van der Waals surface area contributed by atoms with Gasteiger partial charge in [-0.05, 0) is 53.4 Å². The van der Waals surface area contributed by atoms with Gasteiger partial charge < -0.3 is 10.2 Å². The fourth-order valence-electron chi connectivity index (χ4n) is 2.55. The third kappa shape index (κ3) is 2.67. The van der Waals surface area contributed by atoms with Gasteiger partial charge in [-0.1, -0.05) is 6.92 Å². The van der Waals surface area contributed by atoms with Crippen molar-refractivity contribution in [1.82, 2.24) is 4.90 Å². The molecule has 0 bridgehead atoms. The van der Waals surface area contributed by atoms with Crippen LogP contribution in [-0.4, -0.2) is 24.0 Å². The van der Waals surface area contributed by atoms with Crippen LogP contribution >= 0.6 is 15.9 Å². The maximum Gasteiger partial charge on any atom is 0.169 e. The average Bonchev–Trinajstić information content (AvgIpc) is 2.64. The number of hydrogen-bond acceptors (Lipinski definition) is 3. The fourth-order valence-corrected chi connectivity index (χ4v) is 2.89. The highest BCUT2D eigenvalue weighted by Gasteiger charge is 2.27. The summed E-state index contributed by atoms with van der Waals surface area (Å²) in [5, 5.41) is 0. The first kappa shape index (κ1) is 12.1. The van der Waals surface area contributed by atoms with Crippen molar-refractivity contribution < 1.29 is 4.42 Å². The predicted octanol–water partition coefficient (Wildman–Crippen LogP) is 2.60. The van der Waals surface area contributed by atoms with E-state index in [0.29, 0.717) is 12.0 Å². The first-order valence-corrected chi connectivity index (χ1v) is 6.68. The van der Waals surface area contributed by atoms with Gasteiger partial charge in [0.2, 0.25) is 0 Å². The zero-order valence-electron chi connectivity index (χ0n) is 9.66. The summed E-state index contributed by atoms with van der Waals surface area (Å²) in [5.41, 5.74) is 5.86. The molecule has 3 nitrogen and oxygen atoms in total. The lowest BCUT2D eigenvalue weighted by molar-refractivity contribution is 0.0914. The van der Waals surface area contributed by atoms with E-state index >= 15 is 0 Å². The third-order valence-electron chi connectivity index (χ3n) is 3.46. The van der Waals surface area contributed by atoms with Crippen molar-refractivity contribution in [3.63, 3.8) is 0 Å². The van der Waals surface area contributed by atoms with Crippen molar-refractivity contribution in [2.24, 2.45) is 11.7 Å². The minimum absolute atomic E-state index is 0.498. The molecule has 0 aliphatic carbocycles. The Labute approximate surface area is 105 Å². The van der Waals surface area contributed by atoms with Crippen LogP contribution in [0.3, 0.4) is 0 Å². The minimum Gasteiger partial charge on any atom is -0.453 e. The second-order valence-corrected chi connectivity index (χ2v) is 5.38. The summed E-state index contributed by atoms with van der Waals surface area (Å²) >= 11 is 3.33. The number of likely N-dealkylation sites (tertiary alicyclic amines) is 1. The van der Waals surface area contributed by atoms with Crippen molar-refractivity contribution >= 4 is 15.9 Å². The van der Waals surface area contributed by atoms with Crippen LogP contribution in [0.5, 0.6) is 0 Å². The van der Waals surface area contributed by atoms with Gasteiger partial charge in [-0.15, -0.1) is 0 Å². The zero-order chi connectivity index (χ0) is 11.5. The summed E-state index contributed by atoms with van der Waals surface area (Å²) in [5.74, 6) is 1.71. The summed E-state index contributed by atoms with van der Waals surface area (Å²) in [7, 11) is 0. The van der Waals surface area contributed by atoms with Crippen molar-refractivity contribution in [3.05, 3.63) is 22.6 Å². The highest BCUT2D eigenvalue weighted by Crippen LogP contribution is 2.25. The highest BCUT2D eigenvalue weighted by atomic mass is 79.9. The van der Waals surface area contributed by atoms with E-state index in [9.17, 15) is 0 Å². The van der Waals surface area contributed by atoms with E-state index in [1.807, 2.05) is 12.1 Å². The van der Waals surface area contributed by atoms with Crippen LogP contribution in [-0.2, 0) is 6.54 Å². The molecular formula is C12H19BrN2O. The van der Waals surface area contributed by atoms with Crippen LogP contribution in [0.15, 0.2) is 21.2 Å². The standard InChI is InChI=1S/C12H19BrN2O/c1-9-3-2-6-15(11(9)7-14)8-10-4-5-12(13)16-10/h4-5,9,11H,2-3,6-8,14H2,1H3. The molecule has 2 atom stereocenters. The van der Waals surface area contributed by atoms with Gasteiger partial charge in [0.15, 0.2) is 4.67 Å². The van der Waals surface area contributed by atoms with E-state index in [2.05, 4.69) is 27.8 Å². The molecule has 1 aromatic heterocycles. The number of nitrogens with two attached hydrogens (primary N) is 1. The molecule has 1 aliphatic heterocycles. The topological polar surface area (TPSA) is 42.4 Å². The van der Waals surface area contributed by atoms with E-state index in [1.165, 1.54) is 12.8 Å². The zero-order valence-corrected chi connectivity index (χ0v) is 11.2. The normalized spacial score (nSPS) is 27.2. The maximum absolute atomic E-state index is 5.86. The first-order valence-electron chi connectivity index (χ1n) is 5.89. The smallest absolute Gasteiger partial charge is 0.169 e. The molecule has 2 N–H and O–H groups in total. The molecule has 0 amide bonds. The van der Waals surface area contributed by atoms with Gasteiger partial charge in [0.25, 0.3) is 0 Å². The molecule has 2 heterocycles. The van der Waals surface area contributed by atoms with Gasteiger partial charge in [-0.2, -0.15) is 0 Å². The van der Waals surface area contributed by atoms with Crippen molar-refractivity contribution in [2.45, 2.75) is 32.4 Å². The molecule has 90 valence electrons. The van der Waals surface area contributed by atoms with Crippen molar-refractivity contribution in [3.8, 4) is 0 Å². The molecule has 2 unspecified atom stereocenters. The van der Waals surface area contributed by atoms with Gasteiger partial charge >= 0.3 is 0 Å². The van der Waals surface area contributed by atoms with Crippen LogP contribution < -0.4 is 5.73 Å². The molecule has 4 heteroatoms. The molecule has 0 saturated carbocycles. The Balaban J connectivity index is 2.02. The summed E-state index contributed by atoms with van der Waals surface area (Å²) in [6, 6.07) is 4.47. The number of furan rings is 1. The molecule has 0 aromatic carbocycles. The molecule has 16 heavy (non-hydrogen) atoms. The molecule has 0 radical (unpaired) electrons. The Bertz CT molecular complexity index is 340. The van der Waals surface area contributed by atoms with E-state index in [-0.39, 0.29) is 0 Å². The van der Waals surface area contributed by atoms with Crippen LogP contribution in [0.25, 0.3) is 0 Å². The van der Waals surface area contributed by atoms with Crippen molar-refractivity contribution in [2.75, 3.05) is 13.1 Å². The number of rotatable bonds is 3. The van der Waals surface area contributed by atoms with Gasteiger partial charge in [0, 0.05) is 12.6 Å². The quantitative estimate of drug-likeness (QED) is 0.929. The van der Waals surface area contributed by atoms with E-state index in [1.54, 1.807) is 0 Å². The molecule has 0 spiro atoms. The summed E-state index contributed by atoms with van der Waals surface area (Å²) in [6.07, 6.45) is 2.56. The Morgan fingerprint density at radius 1 is 1.56 bits per heavy atom. The summed E-state index contributed by atoms with van der Waals surface area (Å²) in [4.78, 5) is 2.44. The lowest BCUT2D eigenvalue weighted by atomic mass is 9.91.